The molecule has 0 aliphatic heterocycles. The van der Waals surface area contributed by atoms with Gasteiger partial charge in [-0.3, -0.25) is 4.79 Å². The van der Waals surface area contributed by atoms with Crippen molar-refractivity contribution in [2.24, 2.45) is 7.05 Å². The number of aryl methyl sites for hydroxylation is 1. The van der Waals surface area contributed by atoms with Crippen LogP contribution in [0.2, 0.25) is 0 Å². The molecule has 0 unspecified atom stereocenters. The van der Waals surface area contributed by atoms with Gasteiger partial charge in [0.15, 0.2) is 0 Å². The van der Waals surface area contributed by atoms with Crippen molar-refractivity contribution in [3.8, 4) is 6.07 Å². The van der Waals surface area contributed by atoms with Gasteiger partial charge in [-0.15, -0.1) is 0 Å². The zero-order valence-corrected chi connectivity index (χ0v) is 16.4. The van der Waals surface area contributed by atoms with Crippen molar-refractivity contribution < 1.29 is 13.2 Å². The molecule has 0 saturated heterocycles. The lowest BCUT2D eigenvalue weighted by molar-refractivity contribution is 0.146. The van der Waals surface area contributed by atoms with Crippen molar-refractivity contribution in [3.63, 3.8) is 0 Å². The van der Waals surface area contributed by atoms with Gasteiger partial charge >= 0.3 is 0 Å². The second-order valence-corrected chi connectivity index (χ2v) is 7.02. The fourth-order valence-corrected chi connectivity index (χ4v) is 3.51. The molecule has 0 aliphatic carbocycles. The fourth-order valence-electron chi connectivity index (χ4n) is 3.02. The lowest BCUT2D eigenvalue weighted by Crippen LogP contribution is -2.19. The minimum atomic E-state index is -2.92. The average molecular weight is 451 g/mol. The molecule has 2 aromatic heterocycles. The summed E-state index contributed by atoms with van der Waals surface area (Å²) < 4.78 is 42.0. The SMILES string of the molecule is C[C@@H](Nc1ncc(C#N)c2c1cc(Br)c(=O)n2C)c1cccc(C(F)F)c1F. The molecule has 0 aliphatic rings. The number of halogens is 4. The number of aromatic nitrogens is 2. The zero-order chi connectivity index (χ0) is 20.6. The van der Waals surface area contributed by atoms with E-state index in [4.69, 9.17) is 0 Å². The van der Waals surface area contributed by atoms with E-state index in [0.29, 0.717) is 16.7 Å². The van der Waals surface area contributed by atoms with Gasteiger partial charge in [-0.1, -0.05) is 18.2 Å². The van der Waals surface area contributed by atoms with Crippen molar-refractivity contribution in [3.05, 3.63) is 67.8 Å². The number of hydrogen-bond acceptors (Lipinski definition) is 4. The van der Waals surface area contributed by atoms with E-state index in [-0.39, 0.29) is 21.2 Å². The van der Waals surface area contributed by atoms with Crippen molar-refractivity contribution in [1.29, 1.82) is 5.26 Å². The van der Waals surface area contributed by atoms with Crippen LogP contribution in [0.1, 0.15) is 36.1 Å². The maximum atomic E-state index is 14.5. The van der Waals surface area contributed by atoms with Gasteiger partial charge in [-0.05, 0) is 28.9 Å². The summed E-state index contributed by atoms with van der Waals surface area (Å²) >= 11 is 3.18. The number of pyridine rings is 2. The summed E-state index contributed by atoms with van der Waals surface area (Å²) in [6.07, 6.45) is -1.62. The third kappa shape index (κ3) is 3.36. The monoisotopic (exact) mass is 450 g/mol. The number of alkyl halides is 2. The Morgan fingerprint density at radius 1 is 1.32 bits per heavy atom. The minimum Gasteiger partial charge on any atom is -0.363 e. The van der Waals surface area contributed by atoms with E-state index in [1.807, 2.05) is 6.07 Å². The van der Waals surface area contributed by atoms with E-state index in [9.17, 15) is 23.2 Å². The predicted molar refractivity (Wildman–Crippen MR) is 103 cm³/mol. The molecule has 3 rings (SSSR count). The molecule has 0 bridgehead atoms. The summed E-state index contributed by atoms with van der Waals surface area (Å²) in [6, 6.07) is 6.63. The first-order valence-corrected chi connectivity index (χ1v) is 8.96. The number of nitrogens with one attached hydrogen (secondary N) is 1. The summed E-state index contributed by atoms with van der Waals surface area (Å²) in [5.41, 5.74) is -0.381. The van der Waals surface area contributed by atoms with Crippen LogP contribution in [0.25, 0.3) is 10.9 Å². The first kappa shape index (κ1) is 19.9. The number of rotatable bonds is 4. The summed E-state index contributed by atoms with van der Waals surface area (Å²) in [6.45, 7) is 1.61. The van der Waals surface area contributed by atoms with Gasteiger partial charge in [-0.25, -0.2) is 18.2 Å². The topological polar surface area (TPSA) is 70.7 Å². The smallest absolute Gasteiger partial charge is 0.266 e. The highest BCUT2D eigenvalue weighted by Gasteiger charge is 2.21. The summed E-state index contributed by atoms with van der Waals surface area (Å²) in [7, 11) is 1.52. The van der Waals surface area contributed by atoms with Crippen LogP contribution >= 0.6 is 15.9 Å². The second-order valence-electron chi connectivity index (χ2n) is 6.17. The first-order valence-electron chi connectivity index (χ1n) is 8.17. The molecule has 3 aromatic rings. The quantitative estimate of drug-likeness (QED) is 0.618. The van der Waals surface area contributed by atoms with Gasteiger partial charge < -0.3 is 9.88 Å². The highest BCUT2D eigenvalue weighted by molar-refractivity contribution is 9.10. The third-order valence-corrected chi connectivity index (χ3v) is 5.01. The van der Waals surface area contributed by atoms with Crippen LogP contribution in [0.3, 0.4) is 0 Å². The van der Waals surface area contributed by atoms with Crippen LogP contribution in [-0.4, -0.2) is 9.55 Å². The van der Waals surface area contributed by atoms with E-state index >= 15 is 0 Å². The van der Waals surface area contributed by atoms with E-state index < -0.39 is 23.8 Å². The second kappa shape index (κ2) is 7.64. The van der Waals surface area contributed by atoms with Crippen LogP contribution < -0.4 is 10.9 Å². The highest BCUT2D eigenvalue weighted by atomic mass is 79.9. The van der Waals surface area contributed by atoms with Crippen LogP contribution in [0.4, 0.5) is 19.0 Å². The fraction of sp³-hybridized carbons (Fsp3) is 0.211. The minimum absolute atomic E-state index is 0.0565. The Bertz CT molecular complexity index is 1170. The van der Waals surface area contributed by atoms with Crippen LogP contribution in [-0.2, 0) is 7.05 Å². The standard InChI is InChI=1S/C19H14BrF3N4O/c1-9(11-4-3-5-12(15(11)21)17(22)23)26-18-13-6-14(20)19(28)27(2)16(13)10(7-24)8-25-18/h3-6,8-9,17H,1-2H3,(H,25,26)/t9-/m1/s1. The Labute approximate surface area is 166 Å². The largest absolute Gasteiger partial charge is 0.363 e. The van der Waals surface area contributed by atoms with Crippen molar-refractivity contribution in [2.75, 3.05) is 5.32 Å². The van der Waals surface area contributed by atoms with E-state index in [0.717, 1.165) is 6.07 Å². The molecule has 144 valence electrons. The molecule has 28 heavy (non-hydrogen) atoms. The van der Waals surface area contributed by atoms with Gasteiger partial charge in [0.05, 0.1) is 27.2 Å². The molecule has 0 amide bonds. The maximum absolute atomic E-state index is 14.5. The van der Waals surface area contributed by atoms with Crippen LogP contribution in [0, 0.1) is 17.1 Å². The van der Waals surface area contributed by atoms with Gasteiger partial charge in [-0.2, -0.15) is 5.26 Å². The number of anilines is 1. The Hall–Kier alpha value is -2.86. The van der Waals surface area contributed by atoms with E-state index in [1.54, 1.807) is 6.92 Å². The number of hydrogen-bond donors (Lipinski definition) is 1. The number of benzene rings is 1. The molecule has 1 atom stereocenters. The molecule has 2 heterocycles. The third-order valence-electron chi connectivity index (χ3n) is 4.44. The number of nitrogens with zero attached hydrogens (tertiary/aromatic N) is 3. The molecule has 0 fully saturated rings. The van der Waals surface area contributed by atoms with Gasteiger partial charge in [0.1, 0.15) is 17.7 Å². The van der Waals surface area contributed by atoms with Crippen LogP contribution in [0.15, 0.2) is 39.7 Å². The van der Waals surface area contributed by atoms with E-state index in [1.165, 1.54) is 36.0 Å². The van der Waals surface area contributed by atoms with Gasteiger partial charge in [0.2, 0.25) is 0 Å². The zero-order valence-electron chi connectivity index (χ0n) is 14.8. The van der Waals surface area contributed by atoms with E-state index in [2.05, 4.69) is 26.2 Å². The summed E-state index contributed by atoms with van der Waals surface area (Å²) in [5, 5.41) is 12.8. The summed E-state index contributed by atoms with van der Waals surface area (Å²) in [4.78, 5) is 16.4. The van der Waals surface area contributed by atoms with Crippen molar-refractivity contribution in [2.45, 2.75) is 19.4 Å². The highest BCUT2D eigenvalue weighted by Crippen LogP contribution is 2.31. The Morgan fingerprint density at radius 3 is 2.64 bits per heavy atom. The summed E-state index contributed by atoms with van der Waals surface area (Å²) in [5.74, 6) is -0.691. The van der Waals surface area contributed by atoms with Crippen LogP contribution in [0.5, 0.6) is 0 Å². The molecular weight excluding hydrogens is 437 g/mol. The maximum Gasteiger partial charge on any atom is 0.266 e. The number of nitriles is 1. The molecule has 9 heteroatoms. The molecule has 0 radical (unpaired) electrons. The molecule has 5 nitrogen and oxygen atoms in total. The van der Waals surface area contributed by atoms with Crippen molar-refractivity contribution >= 4 is 32.7 Å². The lowest BCUT2D eigenvalue weighted by Gasteiger charge is -2.19. The van der Waals surface area contributed by atoms with Crippen molar-refractivity contribution in [1.82, 2.24) is 9.55 Å². The lowest BCUT2D eigenvalue weighted by atomic mass is 10.0. The Balaban J connectivity index is 2.13. The molecule has 1 N–H and O–H groups in total. The number of fused-ring (bicyclic) bond motifs is 1. The molecule has 0 spiro atoms. The average Bonchev–Trinajstić information content (AvgIpc) is 2.66. The first-order chi connectivity index (χ1) is 13.3. The Morgan fingerprint density at radius 2 is 2.00 bits per heavy atom. The predicted octanol–water partition coefficient (Wildman–Crippen LogP) is 4.82. The normalized spacial score (nSPS) is 12.2. The molecule has 1 aromatic carbocycles. The molecule has 0 saturated carbocycles. The van der Waals surface area contributed by atoms with Gasteiger partial charge in [0, 0.05) is 24.2 Å². The van der Waals surface area contributed by atoms with Gasteiger partial charge in [0.25, 0.3) is 12.0 Å². The molecular formula is C19H14BrF3N4O. The Kier molecular flexibility index (Phi) is 5.42.